The predicted octanol–water partition coefficient (Wildman–Crippen LogP) is 4.02. The third kappa shape index (κ3) is 4.18. The summed E-state index contributed by atoms with van der Waals surface area (Å²) in [6, 6.07) is 5.49. The van der Waals surface area contributed by atoms with Crippen molar-refractivity contribution < 1.29 is 9.53 Å². The zero-order valence-corrected chi connectivity index (χ0v) is 13.3. The number of carbonyl (C=O) groups is 1. The first-order valence-corrected chi connectivity index (χ1v) is 7.19. The highest BCUT2D eigenvalue weighted by Crippen LogP contribution is 2.25. The molecule has 1 N–H and O–H groups in total. The Kier molecular flexibility index (Phi) is 4.35. The van der Waals surface area contributed by atoms with E-state index in [0.717, 1.165) is 5.69 Å². The highest BCUT2D eigenvalue weighted by Gasteiger charge is 2.33. The van der Waals surface area contributed by atoms with Gasteiger partial charge >= 0.3 is 6.09 Å². The second-order valence-corrected chi connectivity index (χ2v) is 6.76. The van der Waals surface area contributed by atoms with E-state index in [1.54, 1.807) is 11.0 Å². The Bertz CT molecular complexity index is 488. The van der Waals surface area contributed by atoms with Gasteiger partial charge in [-0.3, -0.25) is 0 Å². The topological polar surface area (TPSA) is 41.6 Å². The summed E-state index contributed by atoms with van der Waals surface area (Å²) < 4.78 is 5.30. The Morgan fingerprint density at radius 3 is 2.30 bits per heavy atom. The number of hydrogen-bond donors (Lipinski definition) is 1. The number of anilines is 1. The smallest absolute Gasteiger partial charge is 0.410 e. The van der Waals surface area contributed by atoms with Gasteiger partial charge in [0.05, 0.1) is 6.04 Å². The molecular formula is C14H18Cl2N2O2. The molecule has 0 atom stereocenters. The van der Waals surface area contributed by atoms with Crippen LogP contribution in [-0.4, -0.2) is 35.7 Å². The maximum absolute atomic E-state index is 11.8. The van der Waals surface area contributed by atoms with Crippen LogP contribution in [-0.2, 0) is 4.74 Å². The van der Waals surface area contributed by atoms with Crippen molar-refractivity contribution in [3.05, 3.63) is 28.2 Å². The highest BCUT2D eigenvalue weighted by molar-refractivity contribution is 6.35. The minimum Gasteiger partial charge on any atom is -0.444 e. The van der Waals surface area contributed by atoms with Crippen molar-refractivity contribution in [2.75, 3.05) is 18.4 Å². The fourth-order valence-electron chi connectivity index (χ4n) is 1.92. The third-order valence-corrected chi connectivity index (χ3v) is 3.20. The molecule has 6 heteroatoms. The third-order valence-electron chi connectivity index (χ3n) is 2.77. The van der Waals surface area contributed by atoms with Gasteiger partial charge in [-0.15, -0.1) is 0 Å². The summed E-state index contributed by atoms with van der Waals surface area (Å²) in [6.07, 6.45) is -0.278. The van der Waals surface area contributed by atoms with Crippen LogP contribution in [0, 0.1) is 0 Å². The van der Waals surface area contributed by atoms with E-state index in [4.69, 9.17) is 27.9 Å². The van der Waals surface area contributed by atoms with E-state index >= 15 is 0 Å². The Morgan fingerprint density at radius 2 is 1.80 bits per heavy atom. The molecule has 1 aliphatic heterocycles. The molecule has 110 valence electrons. The first kappa shape index (κ1) is 15.3. The molecule has 0 spiro atoms. The van der Waals surface area contributed by atoms with Crippen molar-refractivity contribution in [3.63, 3.8) is 0 Å². The Morgan fingerprint density at radius 1 is 1.25 bits per heavy atom. The minimum atomic E-state index is -0.462. The molecule has 2 rings (SSSR count). The summed E-state index contributed by atoms with van der Waals surface area (Å²) in [5, 5.41) is 4.46. The summed E-state index contributed by atoms with van der Waals surface area (Å²) >= 11 is 11.9. The number of likely N-dealkylation sites (tertiary alicyclic amines) is 1. The number of benzene rings is 1. The molecule has 0 aliphatic carbocycles. The molecule has 0 aromatic heterocycles. The molecule has 1 heterocycles. The standard InChI is InChI=1S/C14H18Cl2N2O2/c1-14(2,3)20-13(19)18-7-12(8-18)17-11-5-9(15)4-10(16)6-11/h4-6,12,17H,7-8H2,1-3H3. The fraction of sp³-hybridized carbons (Fsp3) is 0.500. The molecule has 20 heavy (non-hydrogen) atoms. The Labute approximate surface area is 129 Å². The molecule has 1 amide bonds. The Hall–Kier alpha value is -1.13. The lowest BCUT2D eigenvalue weighted by Crippen LogP contribution is -2.57. The molecule has 1 saturated heterocycles. The predicted molar refractivity (Wildman–Crippen MR) is 81.7 cm³/mol. The monoisotopic (exact) mass is 316 g/mol. The van der Waals surface area contributed by atoms with Crippen LogP contribution in [0.4, 0.5) is 10.5 Å². The van der Waals surface area contributed by atoms with E-state index in [2.05, 4.69) is 5.32 Å². The normalized spacial score (nSPS) is 15.8. The van der Waals surface area contributed by atoms with Crippen LogP contribution >= 0.6 is 23.2 Å². The lowest BCUT2D eigenvalue weighted by Gasteiger charge is -2.40. The first-order chi connectivity index (χ1) is 9.23. The van der Waals surface area contributed by atoms with Crippen LogP contribution < -0.4 is 5.32 Å². The van der Waals surface area contributed by atoms with Gasteiger partial charge in [-0.05, 0) is 39.0 Å². The lowest BCUT2D eigenvalue weighted by atomic mass is 10.1. The molecule has 1 aliphatic rings. The fourth-order valence-corrected chi connectivity index (χ4v) is 2.44. The van der Waals surface area contributed by atoms with Crippen LogP contribution in [0.3, 0.4) is 0 Å². The number of amides is 1. The van der Waals surface area contributed by atoms with E-state index in [1.807, 2.05) is 32.9 Å². The van der Waals surface area contributed by atoms with Gasteiger partial charge in [-0.2, -0.15) is 0 Å². The average molecular weight is 317 g/mol. The van der Waals surface area contributed by atoms with E-state index in [1.165, 1.54) is 0 Å². The van der Waals surface area contributed by atoms with Crippen molar-refractivity contribution >= 4 is 35.0 Å². The molecule has 0 unspecified atom stereocenters. The minimum absolute atomic E-state index is 0.192. The van der Waals surface area contributed by atoms with Gasteiger partial charge < -0.3 is 15.0 Å². The molecule has 1 fully saturated rings. The zero-order valence-electron chi connectivity index (χ0n) is 11.7. The highest BCUT2D eigenvalue weighted by atomic mass is 35.5. The van der Waals surface area contributed by atoms with Gasteiger partial charge in [0.2, 0.25) is 0 Å². The second kappa shape index (κ2) is 5.70. The molecule has 0 bridgehead atoms. The first-order valence-electron chi connectivity index (χ1n) is 6.43. The van der Waals surface area contributed by atoms with E-state index in [0.29, 0.717) is 23.1 Å². The van der Waals surface area contributed by atoms with E-state index < -0.39 is 5.60 Å². The number of nitrogens with zero attached hydrogens (tertiary/aromatic N) is 1. The number of carbonyl (C=O) groups excluding carboxylic acids is 1. The van der Waals surface area contributed by atoms with Gasteiger partial charge in [-0.25, -0.2) is 4.79 Å². The lowest BCUT2D eigenvalue weighted by molar-refractivity contribution is 0.0105. The van der Waals surface area contributed by atoms with Crippen molar-refractivity contribution in [1.29, 1.82) is 0 Å². The number of rotatable bonds is 2. The van der Waals surface area contributed by atoms with Crippen molar-refractivity contribution in [2.24, 2.45) is 0 Å². The quantitative estimate of drug-likeness (QED) is 0.895. The van der Waals surface area contributed by atoms with Gasteiger partial charge in [0, 0.05) is 28.8 Å². The summed E-state index contributed by atoms with van der Waals surface area (Å²) in [6.45, 7) is 6.79. The van der Waals surface area contributed by atoms with Crippen LogP contribution in [0.15, 0.2) is 18.2 Å². The molecule has 0 saturated carbocycles. The Balaban J connectivity index is 1.83. The summed E-state index contributed by atoms with van der Waals surface area (Å²) in [4.78, 5) is 13.4. The van der Waals surface area contributed by atoms with E-state index in [-0.39, 0.29) is 12.1 Å². The number of nitrogens with one attached hydrogen (secondary N) is 1. The number of ether oxygens (including phenoxy) is 1. The molecule has 4 nitrogen and oxygen atoms in total. The largest absolute Gasteiger partial charge is 0.444 e. The average Bonchev–Trinajstić information content (AvgIpc) is 2.18. The van der Waals surface area contributed by atoms with Crippen molar-refractivity contribution in [1.82, 2.24) is 4.90 Å². The number of halogens is 2. The van der Waals surface area contributed by atoms with Crippen LogP contribution in [0.5, 0.6) is 0 Å². The molecule has 1 aromatic rings. The van der Waals surface area contributed by atoms with E-state index in [9.17, 15) is 4.79 Å². The van der Waals surface area contributed by atoms with Crippen LogP contribution in [0.1, 0.15) is 20.8 Å². The van der Waals surface area contributed by atoms with Gasteiger partial charge in [-0.1, -0.05) is 23.2 Å². The van der Waals surface area contributed by atoms with Gasteiger partial charge in [0.25, 0.3) is 0 Å². The maximum atomic E-state index is 11.8. The molecule has 0 radical (unpaired) electrons. The maximum Gasteiger partial charge on any atom is 0.410 e. The zero-order chi connectivity index (χ0) is 14.9. The SMILES string of the molecule is CC(C)(C)OC(=O)N1CC(Nc2cc(Cl)cc(Cl)c2)C1. The molecular weight excluding hydrogens is 299 g/mol. The summed E-state index contributed by atoms with van der Waals surface area (Å²) in [5.74, 6) is 0. The second-order valence-electron chi connectivity index (χ2n) is 5.88. The summed E-state index contributed by atoms with van der Waals surface area (Å²) in [5.41, 5.74) is 0.395. The van der Waals surface area contributed by atoms with Crippen molar-refractivity contribution in [2.45, 2.75) is 32.4 Å². The van der Waals surface area contributed by atoms with Crippen LogP contribution in [0.25, 0.3) is 0 Å². The van der Waals surface area contributed by atoms with Crippen LogP contribution in [0.2, 0.25) is 10.0 Å². The summed E-state index contributed by atoms with van der Waals surface area (Å²) in [7, 11) is 0. The van der Waals surface area contributed by atoms with Crippen molar-refractivity contribution in [3.8, 4) is 0 Å². The number of hydrogen-bond acceptors (Lipinski definition) is 3. The van der Waals surface area contributed by atoms with Gasteiger partial charge in [0.15, 0.2) is 0 Å². The molecule has 1 aromatic carbocycles. The van der Waals surface area contributed by atoms with Gasteiger partial charge in [0.1, 0.15) is 5.60 Å².